The quantitative estimate of drug-likeness (QED) is 0.915. The molecule has 0 bridgehead atoms. The minimum absolute atomic E-state index is 0.281. The van der Waals surface area contributed by atoms with E-state index in [9.17, 15) is 4.39 Å². The summed E-state index contributed by atoms with van der Waals surface area (Å²) in [4.78, 5) is 0. The zero-order valence-electron chi connectivity index (χ0n) is 11.4. The first-order valence-corrected chi connectivity index (χ1v) is 7.51. The molecule has 0 fully saturated rings. The van der Waals surface area contributed by atoms with Gasteiger partial charge in [0.25, 0.3) is 0 Å². The summed E-state index contributed by atoms with van der Waals surface area (Å²) < 4.78 is 25.8. The van der Waals surface area contributed by atoms with Crippen molar-refractivity contribution in [1.82, 2.24) is 0 Å². The molecule has 0 amide bonds. The largest absolute Gasteiger partial charge is 0.493 e. The smallest absolute Gasteiger partial charge is 0.129 e. The number of halogens is 2. The van der Waals surface area contributed by atoms with E-state index in [0.29, 0.717) is 24.5 Å². The average molecular weight is 352 g/mol. The van der Waals surface area contributed by atoms with Gasteiger partial charge < -0.3 is 15.2 Å². The van der Waals surface area contributed by atoms with Gasteiger partial charge in [-0.1, -0.05) is 15.9 Å². The van der Waals surface area contributed by atoms with Crippen LogP contribution < -0.4 is 15.2 Å². The molecule has 0 radical (unpaired) electrons. The lowest BCUT2D eigenvalue weighted by molar-refractivity contribution is 0.290. The van der Waals surface area contributed by atoms with Crippen LogP contribution in [0, 0.1) is 5.82 Å². The molecule has 0 saturated carbocycles. The highest BCUT2D eigenvalue weighted by Gasteiger charge is 2.17. The molecule has 2 N–H and O–H groups in total. The van der Waals surface area contributed by atoms with Crippen LogP contribution in [0.5, 0.6) is 11.5 Å². The van der Waals surface area contributed by atoms with Gasteiger partial charge in [-0.25, -0.2) is 4.39 Å². The lowest BCUT2D eigenvalue weighted by Gasteiger charge is -2.11. The van der Waals surface area contributed by atoms with Crippen molar-refractivity contribution in [1.29, 1.82) is 0 Å². The van der Waals surface area contributed by atoms with Crippen LogP contribution in [0.3, 0.4) is 0 Å². The zero-order valence-corrected chi connectivity index (χ0v) is 13.0. The number of benzene rings is 2. The van der Waals surface area contributed by atoms with Gasteiger partial charge in [0.05, 0.1) is 6.61 Å². The van der Waals surface area contributed by atoms with Crippen LogP contribution in [0.4, 0.5) is 4.39 Å². The molecular weight excluding hydrogens is 337 g/mol. The minimum Gasteiger partial charge on any atom is -0.493 e. The summed E-state index contributed by atoms with van der Waals surface area (Å²) in [6, 6.07) is 8.54. The van der Waals surface area contributed by atoms with Gasteiger partial charge in [0.2, 0.25) is 0 Å². The SMILES string of the molecule is NCc1cc(F)cc(OCc2cc(Br)cc3c2OCC3)c1. The highest BCUT2D eigenvalue weighted by molar-refractivity contribution is 9.10. The molecule has 1 aliphatic rings. The number of fused-ring (bicyclic) bond motifs is 1. The van der Waals surface area contributed by atoms with Gasteiger partial charge in [0.15, 0.2) is 0 Å². The predicted molar refractivity (Wildman–Crippen MR) is 82.0 cm³/mol. The van der Waals surface area contributed by atoms with Gasteiger partial charge in [-0.05, 0) is 35.4 Å². The van der Waals surface area contributed by atoms with Gasteiger partial charge in [-0.15, -0.1) is 0 Å². The van der Waals surface area contributed by atoms with Crippen LogP contribution in [-0.4, -0.2) is 6.61 Å². The Labute approximate surface area is 131 Å². The van der Waals surface area contributed by atoms with Crippen molar-refractivity contribution >= 4 is 15.9 Å². The molecule has 110 valence electrons. The third kappa shape index (κ3) is 3.19. The first kappa shape index (κ1) is 14.4. The van der Waals surface area contributed by atoms with E-state index < -0.39 is 0 Å². The van der Waals surface area contributed by atoms with E-state index in [4.69, 9.17) is 15.2 Å². The predicted octanol–water partition coefficient (Wildman–Crippen LogP) is 3.56. The van der Waals surface area contributed by atoms with Crippen LogP contribution in [0.25, 0.3) is 0 Å². The lowest BCUT2D eigenvalue weighted by atomic mass is 10.1. The Bertz CT molecular complexity index is 676. The standard InChI is InChI=1S/C16H15BrFNO2/c17-13-5-11-1-2-20-16(11)12(6-13)9-21-15-4-10(8-19)3-14(18)7-15/h3-7H,1-2,8-9,19H2. The summed E-state index contributed by atoms with van der Waals surface area (Å²) in [5, 5.41) is 0. The Morgan fingerprint density at radius 2 is 2.10 bits per heavy atom. The average Bonchev–Trinajstić information content (AvgIpc) is 2.92. The second-order valence-corrected chi connectivity index (χ2v) is 5.86. The van der Waals surface area contributed by atoms with E-state index in [2.05, 4.69) is 22.0 Å². The fourth-order valence-corrected chi connectivity index (χ4v) is 2.99. The minimum atomic E-state index is -0.344. The fourth-order valence-electron chi connectivity index (χ4n) is 2.44. The molecule has 5 heteroatoms. The van der Waals surface area contributed by atoms with E-state index in [1.807, 2.05) is 6.07 Å². The molecule has 0 spiro atoms. The second-order valence-electron chi connectivity index (χ2n) is 4.94. The zero-order chi connectivity index (χ0) is 14.8. The van der Waals surface area contributed by atoms with Crippen molar-refractivity contribution in [2.24, 2.45) is 5.73 Å². The summed E-state index contributed by atoms with van der Waals surface area (Å²) in [5.74, 6) is 1.01. The van der Waals surface area contributed by atoms with Crippen molar-refractivity contribution in [3.05, 3.63) is 57.3 Å². The van der Waals surface area contributed by atoms with Crippen LogP contribution in [0.1, 0.15) is 16.7 Å². The highest BCUT2D eigenvalue weighted by Crippen LogP contribution is 2.33. The number of rotatable bonds is 4. The van der Waals surface area contributed by atoms with Gasteiger partial charge in [-0.3, -0.25) is 0 Å². The maximum absolute atomic E-state index is 13.5. The van der Waals surface area contributed by atoms with Crippen LogP contribution >= 0.6 is 15.9 Å². The summed E-state index contributed by atoms with van der Waals surface area (Å²) in [7, 11) is 0. The first-order valence-electron chi connectivity index (χ1n) is 6.72. The molecule has 0 aliphatic carbocycles. The van der Waals surface area contributed by atoms with E-state index in [1.165, 1.54) is 17.7 Å². The van der Waals surface area contributed by atoms with E-state index >= 15 is 0 Å². The second kappa shape index (κ2) is 6.03. The molecule has 1 aliphatic heterocycles. The Hall–Kier alpha value is -1.59. The summed E-state index contributed by atoms with van der Waals surface area (Å²) in [5.41, 5.74) is 8.37. The number of nitrogens with two attached hydrogens (primary N) is 1. The highest BCUT2D eigenvalue weighted by atomic mass is 79.9. The van der Waals surface area contributed by atoms with Gasteiger partial charge in [-0.2, -0.15) is 0 Å². The van der Waals surface area contributed by atoms with E-state index in [1.54, 1.807) is 6.07 Å². The number of ether oxygens (including phenoxy) is 2. The van der Waals surface area contributed by atoms with Gasteiger partial charge >= 0.3 is 0 Å². The van der Waals surface area contributed by atoms with Crippen molar-refractivity contribution in [3.8, 4) is 11.5 Å². The summed E-state index contributed by atoms with van der Waals surface area (Å²) in [6.07, 6.45) is 0.902. The lowest BCUT2D eigenvalue weighted by Crippen LogP contribution is -2.01. The van der Waals surface area contributed by atoms with E-state index in [-0.39, 0.29) is 12.4 Å². The number of hydrogen-bond donors (Lipinski definition) is 1. The van der Waals surface area contributed by atoms with Gasteiger partial charge in [0.1, 0.15) is 23.9 Å². The van der Waals surface area contributed by atoms with Crippen molar-refractivity contribution in [3.63, 3.8) is 0 Å². The fraction of sp³-hybridized carbons (Fsp3) is 0.250. The van der Waals surface area contributed by atoms with Crippen LogP contribution in [0.15, 0.2) is 34.8 Å². The van der Waals surface area contributed by atoms with Crippen LogP contribution in [0.2, 0.25) is 0 Å². The monoisotopic (exact) mass is 351 g/mol. The Balaban J connectivity index is 1.81. The normalized spacial score (nSPS) is 12.9. The molecule has 0 saturated heterocycles. The van der Waals surface area contributed by atoms with E-state index in [0.717, 1.165) is 22.2 Å². The maximum atomic E-state index is 13.5. The molecule has 0 aromatic heterocycles. The first-order chi connectivity index (χ1) is 10.2. The molecule has 2 aromatic carbocycles. The molecule has 2 aromatic rings. The summed E-state index contributed by atoms with van der Waals surface area (Å²) in [6.45, 7) is 1.30. The molecule has 0 unspecified atom stereocenters. The summed E-state index contributed by atoms with van der Waals surface area (Å²) >= 11 is 3.49. The van der Waals surface area contributed by atoms with Crippen LogP contribution in [-0.2, 0) is 19.6 Å². The number of hydrogen-bond acceptors (Lipinski definition) is 3. The van der Waals surface area contributed by atoms with Crippen molar-refractivity contribution in [2.75, 3.05) is 6.61 Å². The Morgan fingerprint density at radius 3 is 2.90 bits per heavy atom. The van der Waals surface area contributed by atoms with Gasteiger partial charge in [0, 0.05) is 29.1 Å². The topological polar surface area (TPSA) is 44.5 Å². The molecule has 3 rings (SSSR count). The third-order valence-corrected chi connectivity index (χ3v) is 3.84. The van der Waals surface area contributed by atoms with Crippen molar-refractivity contribution in [2.45, 2.75) is 19.6 Å². The maximum Gasteiger partial charge on any atom is 0.129 e. The molecule has 3 nitrogen and oxygen atoms in total. The Kier molecular flexibility index (Phi) is 4.12. The molecule has 0 atom stereocenters. The molecular formula is C16H15BrFNO2. The molecule has 21 heavy (non-hydrogen) atoms. The Morgan fingerprint density at radius 1 is 1.24 bits per heavy atom. The molecule has 1 heterocycles. The third-order valence-electron chi connectivity index (χ3n) is 3.39. The van der Waals surface area contributed by atoms with Crippen molar-refractivity contribution < 1.29 is 13.9 Å².